The molecule has 2 heteroatoms. The highest BCUT2D eigenvalue weighted by molar-refractivity contribution is 5.77. The summed E-state index contributed by atoms with van der Waals surface area (Å²) in [7, 11) is 0. The topological polar surface area (TPSA) is 29.1 Å². The Hall–Kier alpha value is -1.15. The van der Waals surface area contributed by atoms with Crippen molar-refractivity contribution in [2.45, 2.75) is 46.6 Å². The van der Waals surface area contributed by atoms with Crippen molar-refractivity contribution in [1.82, 2.24) is 5.32 Å². The fourth-order valence-electron chi connectivity index (χ4n) is 2.63. The summed E-state index contributed by atoms with van der Waals surface area (Å²) in [5.74, 6) is 0.754. The Balaban J connectivity index is 2.96. The molecular formula is C16H25NO. The fraction of sp³-hybridized carbons (Fsp3) is 0.562. The lowest BCUT2D eigenvalue weighted by Gasteiger charge is -2.18. The molecule has 2 atom stereocenters. The molecule has 0 aliphatic carbocycles. The average Bonchev–Trinajstić information content (AvgIpc) is 2.73. The molecule has 1 aliphatic rings. The Labute approximate surface area is 111 Å². The van der Waals surface area contributed by atoms with Gasteiger partial charge in [0.05, 0.1) is 0 Å². The Kier molecular flexibility index (Phi) is 5.54. The van der Waals surface area contributed by atoms with Crippen LogP contribution < -0.4 is 5.32 Å². The Morgan fingerprint density at radius 3 is 2.50 bits per heavy atom. The summed E-state index contributed by atoms with van der Waals surface area (Å²) in [5, 5.41) is 3.49. The third-order valence-electron chi connectivity index (χ3n) is 3.61. The number of rotatable bonds is 5. The molecule has 18 heavy (non-hydrogen) atoms. The van der Waals surface area contributed by atoms with Crippen LogP contribution in [0.3, 0.4) is 0 Å². The SMILES string of the molecule is C=C/C(C)=C(\C(C)=C/CC(C)=O)C1CNC(C)C1. The highest BCUT2D eigenvalue weighted by Crippen LogP contribution is 2.30. The molecule has 0 spiro atoms. The lowest BCUT2D eigenvalue weighted by Crippen LogP contribution is -2.17. The number of ketones is 1. The molecule has 0 aromatic carbocycles. The van der Waals surface area contributed by atoms with E-state index in [-0.39, 0.29) is 5.78 Å². The summed E-state index contributed by atoms with van der Waals surface area (Å²) in [4.78, 5) is 11.1. The van der Waals surface area contributed by atoms with Crippen molar-refractivity contribution in [3.05, 3.63) is 35.5 Å². The van der Waals surface area contributed by atoms with Gasteiger partial charge in [-0.3, -0.25) is 4.79 Å². The molecule has 1 saturated heterocycles. The van der Waals surface area contributed by atoms with Crippen LogP contribution in [0.1, 0.15) is 40.5 Å². The summed E-state index contributed by atoms with van der Waals surface area (Å²) >= 11 is 0. The van der Waals surface area contributed by atoms with Crippen LogP contribution in [0.2, 0.25) is 0 Å². The molecule has 1 heterocycles. The van der Waals surface area contributed by atoms with Gasteiger partial charge < -0.3 is 5.32 Å². The first-order chi connectivity index (χ1) is 8.45. The highest BCUT2D eigenvalue weighted by Gasteiger charge is 2.25. The zero-order valence-corrected chi connectivity index (χ0v) is 12.0. The molecule has 0 amide bonds. The molecule has 1 N–H and O–H groups in total. The number of hydrogen-bond donors (Lipinski definition) is 1. The Morgan fingerprint density at radius 1 is 1.39 bits per heavy atom. The number of Topliss-reactive ketones (excluding diaryl/α,β-unsaturated/α-hetero) is 1. The quantitative estimate of drug-likeness (QED) is 0.754. The van der Waals surface area contributed by atoms with E-state index in [4.69, 9.17) is 0 Å². The van der Waals surface area contributed by atoms with Crippen LogP contribution in [0.4, 0.5) is 0 Å². The lowest BCUT2D eigenvalue weighted by atomic mass is 9.87. The van der Waals surface area contributed by atoms with Gasteiger partial charge in [0.15, 0.2) is 0 Å². The van der Waals surface area contributed by atoms with Crippen molar-refractivity contribution in [2.24, 2.45) is 5.92 Å². The second-order valence-electron chi connectivity index (χ2n) is 5.34. The second-order valence-corrected chi connectivity index (χ2v) is 5.34. The molecule has 0 saturated carbocycles. The summed E-state index contributed by atoms with van der Waals surface area (Å²) < 4.78 is 0. The molecule has 2 nitrogen and oxygen atoms in total. The standard InChI is InChI=1S/C16H25NO/c1-6-11(2)16(12(3)7-8-14(5)18)15-9-13(4)17-10-15/h6-7,13,15,17H,1,8-10H2,2-5H3/b12-7-,16-11+. The minimum Gasteiger partial charge on any atom is -0.314 e. The predicted molar refractivity (Wildman–Crippen MR) is 77.5 cm³/mol. The molecule has 100 valence electrons. The molecule has 2 unspecified atom stereocenters. The van der Waals surface area contributed by atoms with E-state index in [9.17, 15) is 4.79 Å². The largest absolute Gasteiger partial charge is 0.314 e. The van der Waals surface area contributed by atoms with Crippen molar-refractivity contribution in [2.75, 3.05) is 6.54 Å². The minimum absolute atomic E-state index is 0.211. The van der Waals surface area contributed by atoms with E-state index in [0.29, 0.717) is 18.4 Å². The van der Waals surface area contributed by atoms with Crippen LogP contribution in [0.25, 0.3) is 0 Å². The van der Waals surface area contributed by atoms with Crippen LogP contribution in [-0.4, -0.2) is 18.4 Å². The van der Waals surface area contributed by atoms with Gasteiger partial charge in [-0.15, -0.1) is 0 Å². The van der Waals surface area contributed by atoms with Gasteiger partial charge in [-0.25, -0.2) is 0 Å². The maximum atomic E-state index is 11.1. The van der Waals surface area contributed by atoms with Gasteiger partial charge in [0.25, 0.3) is 0 Å². The van der Waals surface area contributed by atoms with Gasteiger partial charge in [-0.05, 0) is 51.2 Å². The van der Waals surface area contributed by atoms with E-state index in [0.717, 1.165) is 13.0 Å². The molecule has 0 bridgehead atoms. The van der Waals surface area contributed by atoms with Crippen LogP contribution >= 0.6 is 0 Å². The lowest BCUT2D eigenvalue weighted by molar-refractivity contribution is -0.116. The van der Waals surface area contributed by atoms with E-state index in [1.54, 1.807) is 6.92 Å². The van der Waals surface area contributed by atoms with Crippen molar-refractivity contribution < 1.29 is 4.79 Å². The predicted octanol–water partition coefficient (Wildman–Crippen LogP) is 3.41. The molecule has 1 rings (SSSR count). The van der Waals surface area contributed by atoms with Crippen LogP contribution in [0.5, 0.6) is 0 Å². The molecule has 0 aromatic heterocycles. The van der Waals surface area contributed by atoms with Gasteiger partial charge in [0, 0.05) is 19.0 Å². The smallest absolute Gasteiger partial charge is 0.133 e. The molecule has 1 aliphatic heterocycles. The molecule has 1 fully saturated rings. The summed E-state index contributed by atoms with van der Waals surface area (Å²) in [6.07, 6.45) is 5.65. The fourth-order valence-corrected chi connectivity index (χ4v) is 2.63. The summed E-state index contributed by atoms with van der Waals surface area (Å²) in [6.45, 7) is 13.0. The van der Waals surface area contributed by atoms with E-state index in [1.807, 2.05) is 12.2 Å². The average molecular weight is 247 g/mol. The second kappa shape index (κ2) is 6.69. The van der Waals surface area contributed by atoms with Crippen LogP contribution in [0, 0.1) is 5.92 Å². The minimum atomic E-state index is 0.211. The first-order valence-electron chi connectivity index (χ1n) is 6.68. The number of carbonyl (C=O) groups excluding carboxylic acids is 1. The van der Waals surface area contributed by atoms with Crippen molar-refractivity contribution in [3.63, 3.8) is 0 Å². The normalized spacial score (nSPS) is 25.9. The van der Waals surface area contributed by atoms with E-state index in [1.165, 1.54) is 16.7 Å². The van der Waals surface area contributed by atoms with E-state index in [2.05, 4.69) is 32.7 Å². The number of hydrogen-bond acceptors (Lipinski definition) is 2. The van der Waals surface area contributed by atoms with Gasteiger partial charge in [0.2, 0.25) is 0 Å². The van der Waals surface area contributed by atoms with Crippen molar-refractivity contribution >= 4 is 5.78 Å². The van der Waals surface area contributed by atoms with E-state index >= 15 is 0 Å². The number of nitrogens with one attached hydrogen (secondary N) is 1. The zero-order chi connectivity index (χ0) is 13.7. The molecule has 0 aromatic rings. The highest BCUT2D eigenvalue weighted by atomic mass is 16.1. The van der Waals surface area contributed by atoms with Gasteiger partial charge in [-0.1, -0.05) is 24.3 Å². The van der Waals surface area contributed by atoms with Gasteiger partial charge >= 0.3 is 0 Å². The van der Waals surface area contributed by atoms with Gasteiger partial charge in [0.1, 0.15) is 5.78 Å². The number of allylic oxidation sites excluding steroid dienone is 4. The van der Waals surface area contributed by atoms with Crippen LogP contribution in [-0.2, 0) is 4.79 Å². The summed E-state index contributed by atoms with van der Waals surface area (Å²) in [6, 6.07) is 0.572. The maximum Gasteiger partial charge on any atom is 0.133 e. The van der Waals surface area contributed by atoms with Crippen LogP contribution in [0.15, 0.2) is 35.5 Å². The van der Waals surface area contributed by atoms with Gasteiger partial charge in [-0.2, -0.15) is 0 Å². The third kappa shape index (κ3) is 3.95. The number of carbonyl (C=O) groups is 1. The van der Waals surface area contributed by atoms with Crippen molar-refractivity contribution in [1.29, 1.82) is 0 Å². The monoisotopic (exact) mass is 247 g/mol. The third-order valence-corrected chi connectivity index (χ3v) is 3.61. The first kappa shape index (κ1) is 14.9. The summed E-state index contributed by atoms with van der Waals surface area (Å²) in [5.41, 5.74) is 3.82. The zero-order valence-electron chi connectivity index (χ0n) is 12.0. The van der Waals surface area contributed by atoms with Crippen molar-refractivity contribution in [3.8, 4) is 0 Å². The molecular weight excluding hydrogens is 222 g/mol. The molecule has 0 radical (unpaired) electrons. The Morgan fingerprint density at radius 2 is 2.06 bits per heavy atom. The van der Waals surface area contributed by atoms with E-state index < -0.39 is 0 Å². The first-order valence-corrected chi connectivity index (χ1v) is 6.68. The Bertz CT molecular complexity index is 390. The maximum absolute atomic E-state index is 11.1.